The van der Waals surface area contributed by atoms with E-state index in [1.54, 1.807) is 12.4 Å². The molecule has 1 amide bonds. The third-order valence-electron chi connectivity index (χ3n) is 3.88. The van der Waals surface area contributed by atoms with Gasteiger partial charge in [-0.2, -0.15) is 0 Å². The van der Waals surface area contributed by atoms with Crippen LogP contribution in [0, 0.1) is 5.92 Å². The minimum Gasteiger partial charge on any atom is -0.341 e. The molecule has 0 aromatic carbocycles. The molecular formula is C15H24N4O. The Balaban J connectivity index is 2.07. The van der Waals surface area contributed by atoms with Gasteiger partial charge >= 0.3 is 0 Å². The van der Waals surface area contributed by atoms with E-state index in [-0.39, 0.29) is 5.91 Å². The Kier molecular flexibility index (Phi) is 4.93. The molecule has 1 aromatic heterocycles. The topological polar surface area (TPSA) is 49.3 Å². The SMILES string of the molecule is CCN(CC)c1ncc(C(=O)N2CCCC(C)C2)cn1. The second kappa shape index (κ2) is 6.68. The van der Waals surface area contributed by atoms with Gasteiger partial charge in [-0.3, -0.25) is 4.79 Å². The summed E-state index contributed by atoms with van der Waals surface area (Å²) in [6.45, 7) is 9.76. The predicted octanol–water partition coefficient (Wildman–Crippen LogP) is 2.19. The fourth-order valence-corrected chi connectivity index (χ4v) is 2.66. The van der Waals surface area contributed by atoms with E-state index in [2.05, 4.69) is 35.6 Å². The number of carbonyl (C=O) groups excluding carboxylic acids is 1. The van der Waals surface area contributed by atoms with Gasteiger partial charge in [0.2, 0.25) is 5.95 Å². The summed E-state index contributed by atoms with van der Waals surface area (Å²) in [6, 6.07) is 0. The second-order valence-electron chi connectivity index (χ2n) is 5.44. The van der Waals surface area contributed by atoms with Crippen molar-refractivity contribution in [3.63, 3.8) is 0 Å². The summed E-state index contributed by atoms with van der Waals surface area (Å²) in [5, 5.41) is 0. The first-order chi connectivity index (χ1) is 9.65. The number of hydrogen-bond donors (Lipinski definition) is 0. The van der Waals surface area contributed by atoms with E-state index in [9.17, 15) is 4.79 Å². The van der Waals surface area contributed by atoms with Gasteiger partial charge < -0.3 is 9.80 Å². The molecule has 5 heteroatoms. The van der Waals surface area contributed by atoms with E-state index in [4.69, 9.17) is 0 Å². The van der Waals surface area contributed by atoms with Crippen LogP contribution >= 0.6 is 0 Å². The van der Waals surface area contributed by atoms with E-state index in [0.717, 1.165) is 32.6 Å². The lowest BCUT2D eigenvalue weighted by atomic mass is 10.00. The van der Waals surface area contributed by atoms with Crippen LogP contribution in [-0.4, -0.2) is 47.0 Å². The maximum Gasteiger partial charge on any atom is 0.257 e. The van der Waals surface area contributed by atoms with Crippen LogP contribution in [0.2, 0.25) is 0 Å². The molecule has 0 radical (unpaired) electrons. The Labute approximate surface area is 121 Å². The summed E-state index contributed by atoms with van der Waals surface area (Å²) in [6.07, 6.45) is 5.61. The molecule has 2 rings (SSSR count). The maximum atomic E-state index is 12.4. The quantitative estimate of drug-likeness (QED) is 0.846. The standard InChI is InChI=1S/C15H24N4O/c1-4-18(5-2)15-16-9-13(10-17-15)14(20)19-8-6-7-12(3)11-19/h9-10,12H,4-8,11H2,1-3H3. The molecule has 1 atom stereocenters. The summed E-state index contributed by atoms with van der Waals surface area (Å²) < 4.78 is 0. The van der Waals surface area contributed by atoms with Crippen LogP contribution in [0.4, 0.5) is 5.95 Å². The molecule has 110 valence electrons. The van der Waals surface area contributed by atoms with Crippen molar-refractivity contribution in [3.05, 3.63) is 18.0 Å². The van der Waals surface area contributed by atoms with Gasteiger partial charge in [0.05, 0.1) is 5.56 Å². The van der Waals surface area contributed by atoms with E-state index < -0.39 is 0 Å². The monoisotopic (exact) mass is 276 g/mol. The highest BCUT2D eigenvalue weighted by molar-refractivity contribution is 5.93. The van der Waals surface area contributed by atoms with Gasteiger partial charge in [-0.15, -0.1) is 0 Å². The zero-order chi connectivity index (χ0) is 14.5. The fraction of sp³-hybridized carbons (Fsp3) is 0.667. The minimum absolute atomic E-state index is 0.0580. The molecule has 1 aliphatic heterocycles. The molecule has 2 heterocycles. The molecule has 20 heavy (non-hydrogen) atoms. The first kappa shape index (κ1) is 14.8. The predicted molar refractivity (Wildman–Crippen MR) is 79.9 cm³/mol. The molecule has 0 spiro atoms. The summed E-state index contributed by atoms with van der Waals surface area (Å²) >= 11 is 0. The summed E-state index contributed by atoms with van der Waals surface area (Å²) in [5.41, 5.74) is 0.593. The number of amides is 1. The van der Waals surface area contributed by atoms with Crippen LogP contribution in [0.5, 0.6) is 0 Å². The zero-order valence-corrected chi connectivity index (χ0v) is 12.7. The van der Waals surface area contributed by atoms with E-state index in [1.165, 1.54) is 6.42 Å². The average Bonchev–Trinajstić information content (AvgIpc) is 2.48. The molecule has 1 fully saturated rings. The van der Waals surface area contributed by atoms with Crippen molar-refractivity contribution >= 4 is 11.9 Å². The Bertz CT molecular complexity index is 442. The number of aromatic nitrogens is 2. The highest BCUT2D eigenvalue weighted by atomic mass is 16.2. The average molecular weight is 276 g/mol. The summed E-state index contributed by atoms with van der Waals surface area (Å²) in [4.78, 5) is 25.0. The molecule has 1 unspecified atom stereocenters. The van der Waals surface area contributed by atoms with Gasteiger partial charge in [0, 0.05) is 38.6 Å². The van der Waals surface area contributed by atoms with Crippen molar-refractivity contribution in [2.75, 3.05) is 31.1 Å². The first-order valence-corrected chi connectivity index (χ1v) is 7.52. The lowest BCUT2D eigenvalue weighted by molar-refractivity contribution is 0.0682. The van der Waals surface area contributed by atoms with Crippen molar-refractivity contribution in [2.24, 2.45) is 5.92 Å². The molecule has 0 bridgehead atoms. The third-order valence-corrected chi connectivity index (χ3v) is 3.88. The van der Waals surface area contributed by atoms with Crippen LogP contribution in [-0.2, 0) is 0 Å². The van der Waals surface area contributed by atoms with Gasteiger partial charge in [-0.1, -0.05) is 6.92 Å². The van der Waals surface area contributed by atoms with Gasteiger partial charge in [0.1, 0.15) is 0 Å². The first-order valence-electron chi connectivity index (χ1n) is 7.52. The van der Waals surface area contributed by atoms with Gasteiger partial charge in [-0.25, -0.2) is 9.97 Å². The smallest absolute Gasteiger partial charge is 0.257 e. The highest BCUT2D eigenvalue weighted by Crippen LogP contribution is 2.18. The number of piperidine rings is 1. The minimum atomic E-state index is 0.0580. The second-order valence-corrected chi connectivity index (χ2v) is 5.44. The van der Waals surface area contributed by atoms with E-state index in [0.29, 0.717) is 17.4 Å². The van der Waals surface area contributed by atoms with Crippen LogP contribution in [0.25, 0.3) is 0 Å². The van der Waals surface area contributed by atoms with Crippen molar-refractivity contribution < 1.29 is 4.79 Å². The summed E-state index contributed by atoms with van der Waals surface area (Å²) in [5.74, 6) is 1.34. The third kappa shape index (κ3) is 3.26. The molecule has 1 saturated heterocycles. The Morgan fingerprint density at radius 2 is 2.00 bits per heavy atom. The fourth-order valence-electron chi connectivity index (χ4n) is 2.66. The van der Waals surface area contributed by atoms with Gasteiger partial charge in [-0.05, 0) is 32.6 Å². The van der Waals surface area contributed by atoms with Crippen molar-refractivity contribution in [2.45, 2.75) is 33.6 Å². The normalized spacial score (nSPS) is 18.9. The number of carbonyl (C=O) groups is 1. The van der Waals surface area contributed by atoms with E-state index in [1.807, 2.05) is 4.90 Å². The summed E-state index contributed by atoms with van der Waals surface area (Å²) in [7, 11) is 0. The Morgan fingerprint density at radius 3 is 2.55 bits per heavy atom. The number of hydrogen-bond acceptors (Lipinski definition) is 4. The lowest BCUT2D eigenvalue weighted by Gasteiger charge is -2.30. The Hall–Kier alpha value is -1.65. The molecule has 0 N–H and O–H groups in total. The van der Waals surface area contributed by atoms with Crippen molar-refractivity contribution in [1.29, 1.82) is 0 Å². The van der Waals surface area contributed by atoms with E-state index >= 15 is 0 Å². The van der Waals surface area contributed by atoms with Crippen molar-refractivity contribution in [3.8, 4) is 0 Å². The number of likely N-dealkylation sites (tertiary alicyclic amines) is 1. The Morgan fingerprint density at radius 1 is 1.35 bits per heavy atom. The largest absolute Gasteiger partial charge is 0.341 e. The zero-order valence-electron chi connectivity index (χ0n) is 12.7. The van der Waals surface area contributed by atoms with Crippen LogP contribution in [0.1, 0.15) is 44.0 Å². The lowest BCUT2D eigenvalue weighted by Crippen LogP contribution is -2.39. The van der Waals surface area contributed by atoms with Crippen LogP contribution < -0.4 is 4.90 Å². The molecule has 1 aromatic rings. The molecular weight excluding hydrogens is 252 g/mol. The van der Waals surface area contributed by atoms with Gasteiger partial charge in [0.15, 0.2) is 0 Å². The van der Waals surface area contributed by atoms with Crippen LogP contribution in [0.15, 0.2) is 12.4 Å². The van der Waals surface area contributed by atoms with Gasteiger partial charge in [0.25, 0.3) is 5.91 Å². The van der Waals surface area contributed by atoms with Crippen molar-refractivity contribution in [1.82, 2.24) is 14.9 Å². The highest BCUT2D eigenvalue weighted by Gasteiger charge is 2.22. The molecule has 0 saturated carbocycles. The number of nitrogens with zero attached hydrogens (tertiary/aromatic N) is 4. The number of rotatable bonds is 4. The maximum absolute atomic E-state index is 12.4. The molecule has 5 nitrogen and oxygen atoms in total. The molecule has 0 aliphatic carbocycles. The number of anilines is 1. The molecule has 1 aliphatic rings. The van der Waals surface area contributed by atoms with Crippen LogP contribution in [0.3, 0.4) is 0 Å².